The first kappa shape index (κ1) is 15.1. The van der Waals surface area contributed by atoms with E-state index in [1.54, 1.807) is 32.4 Å². The first-order valence-electron chi connectivity index (χ1n) is 6.41. The summed E-state index contributed by atoms with van der Waals surface area (Å²) in [5.41, 5.74) is 1.34. The van der Waals surface area contributed by atoms with Gasteiger partial charge < -0.3 is 19.3 Å². The van der Waals surface area contributed by atoms with E-state index in [-0.39, 0.29) is 19.0 Å². The maximum atomic E-state index is 13.7. The van der Waals surface area contributed by atoms with Crippen LogP contribution in [0.5, 0.6) is 17.2 Å². The third kappa shape index (κ3) is 3.64. The van der Waals surface area contributed by atoms with Crippen LogP contribution >= 0.6 is 0 Å². The zero-order valence-corrected chi connectivity index (χ0v) is 11.9. The van der Waals surface area contributed by atoms with Crippen molar-refractivity contribution in [3.05, 3.63) is 53.3 Å². The Bertz CT molecular complexity index is 613. The van der Waals surface area contributed by atoms with E-state index < -0.39 is 5.82 Å². The molecule has 0 bridgehead atoms. The average Bonchev–Trinajstić information content (AvgIpc) is 2.53. The van der Waals surface area contributed by atoms with Gasteiger partial charge in [-0.1, -0.05) is 12.1 Å². The maximum Gasteiger partial charge on any atom is 0.165 e. The van der Waals surface area contributed by atoms with Crippen LogP contribution < -0.4 is 14.2 Å². The van der Waals surface area contributed by atoms with Crippen molar-refractivity contribution in [2.45, 2.75) is 13.2 Å². The Balaban J connectivity index is 2.09. The van der Waals surface area contributed by atoms with Gasteiger partial charge in [0, 0.05) is 0 Å². The number of ether oxygens (including phenoxy) is 3. The predicted octanol–water partition coefficient (Wildman–Crippen LogP) is 2.91. The summed E-state index contributed by atoms with van der Waals surface area (Å²) < 4.78 is 29.5. The minimum atomic E-state index is -0.498. The summed E-state index contributed by atoms with van der Waals surface area (Å²) in [4.78, 5) is 0. The van der Waals surface area contributed by atoms with E-state index >= 15 is 0 Å². The van der Waals surface area contributed by atoms with Gasteiger partial charge in [-0.3, -0.25) is 0 Å². The Morgan fingerprint density at radius 1 is 0.905 bits per heavy atom. The average molecular weight is 292 g/mol. The fourth-order valence-corrected chi connectivity index (χ4v) is 1.89. The lowest BCUT2D eigenvalue weighted by atomic mass is 10.2. The van der Waals surface area contributed by atoms with Gasteiger partial charge >= 0.3 is 0 Å². The van der Waals surface area contributed by atoms with Gasteiger partial charge in [0.2, 0.25) is 0 Å². The van der Waals surface area contributed by atoms with Gasteiger partial charge in [0.1, 0.15) is 6.61 Å². The zero-order chi connectivity index (χ0) is 15.2. The molecule has 0 spiro atoms. The molecule has 0 aliphatic carbocycles. The van der Waals surface area contributed by atoms with Crippen molar-refractivity contribution in [2.75, 3.05) is 14.2 Å². The summed E-state index contributed by atoms with van der Waals surface area (Å²) in [6, 6.07) is 9.74. The molecule has 0 aromatic heterocycles. The van der Waals surface area contributed by atoms with Crippen molar-refractivity contribution in [1.29, 1.82) is 0 Å². The van der Waals surface area contributed by atoms with E-state index in [4.69, 9.17) is 19.3 Å². The highest BCUT2D eigenvalue weighted by molar-refractivity contribution is 5.42. The van der Waals surface area contributed by atoms with Gasteiger partial charge in [-0.2, -0.15) is 0 Å². The number of methoxy groups -OCH3 is 2. The van der Waals surface area contributed by atoms with Crippen LogP contribution in [0.25, 0.3) is 0 Å². The van der Waals surface area contributed by atoms with Crippen LogP contribution in [-0.2, 0) is 13.2 Å². The molecule has 0 atom stereocenters. The molecule has 0 amide bonds. The van der Waals surface area contributed by atoms with Gasteiger partial charge in [0.25, 0.3) is 0 Å². The number of aliphatic hydroxyl groups is 1. The van der Waals surface area contributed by atoms with E-state index in [1.807, 2.05) is 6.07 Å². The molecule has 0 heterocycles. The number of hydrogen-bond donors (Lipinski definition) is 1. The summed E-state index contributed by atoms with van der Waals surface area (Å²) in [7, 11) is 3.11. The molecule has 5 heteroatoms. The van der Waals surface area contributed by atoms with Crippen LogP contribution in [-0.4, -0.2) is 19.3 Å². The molecule has 21 heavy (non-hydrogen) atoms. The topological polar surface area (TPSA) is 47.9 Å². The van der Waals surface area contributed by atoms with Crippen LogP contribution in [0.15, 0.2) is 36.4 Å². The first-order chi connectivity index (χ1) is 10.2. The summed E-state index contributed by atoms with van der Waals surface area (Å²) in [5.74, 6) is 0.860. The third-order valence-corrected chi connectivity index (χ3v) is 3.02. The lowest BCUT2D eigenvalue weighted by molar-refractivity contribution is 0.276. The number of halogens is 1. The van der Waals surface area contributed by atoms with E-state index in [9.17, 15) is 4.39 Å². The van der Waals surface area contributed by atoms with E-state index in [0.29, 0.717) is 17.1 Å². The minimum absolute atomic E-state index is 0.141. The lowest BCUT2D eigenvalue weighted by Crippen LogP contribution is -1.99. The van der Waals surface area contributed by atoms with Crippen LogP contribution in [0.1, 0.15) is 11.1 Å². The Hall–Kier alpha value is -2.27. The molecule has 0 aliphatic rings. The number of benzene rings is 2. The fourth-order valence-electron chi connectivity index (χ4n) is 1.89. The quantitative estimate of drug-likeness (QED) is 0.889. The molecular formula is C16H17FO4. The Labute approximate surface area is 122 Å². The molecule has 0 unspecified atom stereocenters. The van der Waals surface area contributed by atoms with Gasteiger partial charge in [0.05, 0.1) is 20.8 Å². The normalized spacial score (nSPS) is 10.3. The largest absolute Gasteiger partial charge is 0.493 e. The van der Waals surface area contributed by atoms with Crippen LogP contribution in [0.3, 0.4) is 0 Å². The highest BCUT2D eigenvalue weighted by Gasteiger charge is 2.07. The van der Waals surface area contributed by atoms with Crippen LogP contribution in [0.4, 0.5) is 4.39 Å². The third-order valence-electron chi connectivity index (χ3n) is 3.02. The van der Waals surface area contributed by atoms with Gasteiger partial charge in [-0.15, -0.1) is 0 Å². The Kier molecular flexibility index (Phi) is 5.00. The molecule has 2 aromatic carbocycles. The second-order valence-corrected chi connectivity index (χ2v) is 4.40. The van der Waals surface area contributed by atoms with Crippen molar-refractivity contribution >= 4 is 0 Å². The number of aliphatic hydroxyl groups excluding tert-OH is 1. The summed E-state index contributed by atoms with van der Waals surface area (Å²) in [6.45, 7) is 0.00260. The van der Waals surface area contributed by atoms with Crippen LogP contribution in [0, 0.1) is 5.82 Å². The lowest BCUT2D eigenvalue weighted by Gasteiger charge is -2.11. The SMILES string of the molecule is COc1ccc(COc2ccc(CO)cc2F)cc1OC. The van der Waals surface area contributed by atoms with E-state index in [0.717, 1.165) is 5.56 Å². The molecule has 112 valence electrons. The summed E-state index contributed by atoms with van der Waals surface area (Å²) in [6.07, 6.45) is 0. The van der Waals surface area contributed by atoms with Crippen molar-refractivity contribution in [2.24, 2.45) is 0 Å². The molecule has 2 rings (SSSR count). The maximum absolute atomic E-state index is 13.7. The zero-order valence-electron chi connectivity index (χ0n) is 11.9. The van der Waals surface area contributed by atoms with Crippen molar-refractivity contribution < 1.29 is 23.7 Å². The molecule has 0 saturated heterocycles. The van der Waals surface area contributed by atoms with Crippen molar-refractivity contribution in [3.63, 3.8) is 0 Å². The Morgan fingerprint density at radius 3 is 2.19 bits per heavy atom. The van der Waals surface area contributed by atoms with Gasteiger partial charge in [-0.05, 0) is 35.4 Å². The molecule has 0 fully saturated rings. The molecule has 2 aromatic rings. The molecule has 0 aliphatic heterocycles. The highest BCUT2D eigenvalue weighted by atomic mass is 19.1. The van der Waals surface area contributed by atoms with E-state index in [2.05, 4.69) is 0 Å². The van der Waals surface area contributed by atoms with Gasteiger partial charge in [0.15, 0.2) is 23.1 Å². The monoisotopic (exact) mass is 292 g/mol. The minimum Gasteiger partial charge on any atom is -0.493 e. The summed E-state index contributed by atoms with van der Waals surface area (Å²) >= 11 is 0. The first-order valence-corrected chi connectivity index (χ1v) is 6.41. The summed E-state index contributed by atoms with van der Waals surface area (Å²) in [5, 5.41) is 8.93. The number of hydrogen-bond acceptors (Lipinski definition) is 4. The van der Waals surface area contributed by atoms with Crippen molar-refractivity contribution in [1.82, 2.24) is 0 Å². The van der Waals surface area contributed by atoms with E-state index in [1.165, 1.54) is 12.1 Å². The molecule has 1 N–H and O–H groups in total. The predicted molar refractivity (Wildman–Crippen MR) is 76.2 cm³/mol. The molecule has 0 saturated carbocycles. The fraction of sp³-hybridized carbons (Fsp3) is 0.250. The molecule has 4 nitrogen and oxygen atoms in total. The van der Waals surface area contributed by atoms with Crippen LogP contribution in [0.2, 0.25) is 0 Å². The standard InChI is InChI=1S/C16H17FO4/c1-19-15-6-4-12(8-16(15)20-2)10-21-14-5-3-11(9-18)7-13(14)17/h3-8,18H,9-10H2,1-2H3. The Morgan fingerprint density at radius 2 is 1.57 bits per heavy atom. The van der Waals surface area contributed by atoms with Crippen molar-refractivity contribution in [3.8, 4) is 17.2 Å². The van der Waals surface area contributed by atoms with Gasteiger partial charge in [-0.25, -0.2) is 4.39 Å². The number of rotatable bonds is 6. The molecular weight excluding hydrogens is 275 g/mol. The second kappa shape index (κ2) is 6.95. The smallest absolute Gasteiger partial charge is 0.165 e. The second-order valence-electron chi connectivity index (χ2n) is 4.40. The highest BCUT2D eigenvalue weighted by Crippen LogP contribution is 2.28. The molecule has 0 radical (unpaired) electrons.